The minimum Gasteiger partial charge on any atom is -0.326 e. The molecule has 0 aliphatic heterocycles. The second-order valence-corrected chi connectivity index (χ2v) is 4.52. The van der Waals surface area contributed by atoms with Gasteiger partial charge < -0.3 is 11.5 Å². The van der Waals surface area contributed by atoms with Gasteiger partial charge in [0.25, 0.3) is 0 Å². The first kappa shape index (κ1) is 14.3. The predicted molar refractivity (Wildman–Crippen MR) is 86.2 cm³/mol. The van der Waals surface area contributed by atoms with E-state index >= 15 is 0 Å². The first-order valence-corrected chi connectivity index (χ1v) is 6.76. The van der Waals surface area contributed by atoms with Crippen molar-refractivity contribution < 1.29 is 0 Å². The van der Waals surface area contributed by atoms with Crippen LogP contribution in [0.25, 0.3) is 10.8 Å². The van der Waals surface area contributed by atoms with Gasteiger partial charge in [-0.25, -0.2) is 0 Å². The highest BCUT2D eigenvalue weighted by Crippen LogP contribution is 2.11. The Morgan fingerprint density at radius 2 is 0.800 bits per heavy atom. The molecule has 0 fully saturated rings. The van der Waals surface area contributed by atoms with E-state index in [1.807, 2.05) is 24.3 Å². The SMILES string of the molecule is NCc1ccccc1CN.c1ccc2ccccc2c1. The monoisotopic (exact) mass is 264 g/mol. The van der Waals surface area contributed by atoms with Crippen LogP contribution < -0.4 is 11.5 Å². The molecule has 4 N–H and O–H groups in total. The summed E-state index contributed by atoms with van der Waals surface area (Å²) in [5, 5.41) is 2.62. The molecule has 0 unspecified atom stereocenters. The zero-order valence-electron chi connectivity index (χ0n) is 11.5. The third-order valence-corrected chi connectivity index (χ3v) is 3.22. The molecule has 2 nitrogen and oxygen atoms in total. The molecular weight excluding hydrogens is 244 g/mol. The van der Waals surface area contributed by atoms with Crippen molar-refractivity contribution in [2.24, 2.45) is 11.5 Å². The molecule has 3 aromatic rings. The van der Waals surface area contributed by atoms with Crippen LogP contribution in [0.15, 0.2) is 72.8 Å². The molecule has 0 spiro atoms. The fourth-order valence-electron chi connectivity index (χ4n) is 2.09. The second-order valence-electron chi connectivity index (χ2n) is 4.52. The lowest BCUT2D eigenvalue weighted by Gasteiger charge is -2.02. The maximum absolute atomic E-state index is 5.47. The highest BCUT2D eigenvalue weighted by atomic mass is 14.6. The van der Waals surface area contributed by atoms with Gasteiger partial charge in [-0.1, -0.05) is 72.8 Å². The predicted octanol–water partition coefficient (Wildman–Crippen LogP) is 3.44. The largest absolute Gasteiger partial charge is 0.326 e. The average Bonchev–Trinajstić information content (AvgIpc) is 2.55. The molecule has 0 amide bonds. The van der Waals surface area contributed by atoms with E-state index in [1.54, 1.807) is 0 Å². The van der Waals surface area contributed by atoms with E-state index in [9.17, 15) is 0 Å². The van der Waals surface area contributed by atoms with Crippen molar-refractivity contribution >= 4 is 10.8 Å². The number of nitrogens with two attached hydrogens (primary N) is 2. The van der Waals surface area contributed by atoms with Crippen molar-refractivity contribution in [3.05, 3.63) is 83.9 Å². The Kier molecular flexibility index (Phi) is 5.30. The fraction of sp³-hybridized carbons (Fsp3) is 0.111. The minimum atomic E-state index is 0.577. The van der Waals surface area contributed by atoms with Gasteiger partial charge in [-0.05, 0) is 21.9 Å². The van der Waals surface area contributed by atoms with Crippen molar-refractivity contribution in [2.45, 2.75) is 13.1 Å². The number of hydrogen-bond acceptors (Lipinski definition) is 2. The van der Waals surface area contributed by atoms with E-state index in [0.717, 1.165) is 11.1 Å². The second kappa shape index (κ2) is 7.43. The van der Waals surface area contributed by atoms with Gasteiger partial charge in [-0.3, -0.25) is 0 Å². The van der Waals surface area contributed by atoms with Crippen LogP contribution >= 0.6 is 0 Å². The van der Waals surface area contributed by atoms with Crippen LogP contribution in [0.1, 0.15) is 11.1 Å². The summed E-state index contributed by atoms with van der Waals surface area (Å²) in [6, 6.07) is 24.7. The quantitative estimate of drug-likeness (QED) is 0.745. The number of rotatable bonds is 2. The Labute approximate surface area is 120 Å². The summed E-state index contributed by atoms with van der Waals surface area (Å²) in [4.78, 5) is 0. The van der Waals surface area contributed by atoms with E-state index in [2.05, 4.69) is 48.5 Å². The molecule has 0 radical (unpaired) electrons. The summed E-state index contributed by atoms with van der Waals surface area (Å²) < 4.78 is 0. The number of fused-ring (bicyclic) bond motifs is 1. The normalized spacial score (nSPS) is 9.90. The van der Waals surface area contributed by atoms with Gasteiger partial charge in [0.2, 0.25) is 0 Å². The van der Waals surface area contributed by atoms with Gasteiger partial charge in [-0.2, -0.15) is 0 Å². The zero-order valence-corrected chi connectivity index (χ0v) is 11.5. The van der Waals surface area contributed by atoms with Gasteiger partial charge in [0.05, 0.1) is 0 Å². The first-order valence-electron chi connectivity index (χ1n) is 6.76. The maximum atomic E-state index is 5.47. The molecule has 102 valence electrons. The smallest absolute Gasteiger partial charge is 0.0181 e. The Morgan fingerprint density at radius 1 is 0.500 bits per heavy atom. The Hall–Kier alpha value is -2.16. The third-order valence-electron chi connectivity index (χ3n) is 3.22. The van der Waals surface area contributed by atoms with E-state index in [0.29, 0.717) is 13.1 Å². The molecule has 0 atom stereocenters. The molecular formula is C18H20N2. The summed E-state index contributed by atoms with van der Waals surface area (Å²) in [6.07, 6.45) is 0. The Morgan fingerprint density at radius 3 is 1.10 bits per heavy atom. The van der Waals surface area contributed by atoms with E-state index < -0.39 is 0 Å². The molecule has 0 aliphatic rings. The van der Waals surface area contributed by atoms with Crippen LogP contribution in [0, 0.1) is 0 Å². The highest BCUT2D eigenvalue weighted by Gasteiger charge is 1.94. The van der Waals surface area contributed by atoms with Crippen molar-refractivity contribution in [1.82, 2.24) is 0 Å². The van der Waals surface area contributed by atoms with E-state index in [4.69, 9.17) is 11.5 Å². The van der Waals surface area contributed by atoms with Crippen molar-refractivity contribution in [2.75, 3.05) is 0 Å². The van der Waals surface area contributed by atoms with Gasteiger partial charge >= 0.3 is 0 Å². The molecule has 0 heterocycles. The molecule has 0 bridgehead atoms. The topological polar surface area (TPSA) is 52.0 Å². The van der Waals surface area contributed by atoms with E-state index in [1.165, 1.54) is 10.8 Å². The molecule has 0 saturated heterocycles. The third kappa shape index (κ3) is 3.67. The summed E-state index contributed by atoms with van der Waals surface area (Å²) in [5.74, 6) is 0. The van der Waals surface area contributed by atoms with Crippen LogP contribution in [0.2, 0.25) is 0 Å². The molecule has 20 heavy (non-hydrogen) atoms. The molecule has 0 saturated carbocycles. The lowest BCUT2D eigenvalue weighted by Crippen LogP contribution is -2.05. The number of benzene rings is 3. The summed E-state index contributed by atoms with van der Waals surface area (Å²) in [6.45, 7) is 1.15. The van der Waals surface area contributed by atoms with Crippen LogP contribution in [-0.2, 0) is 13.1 Å². The Balaban J connectivity index is 0.000000147. The lowest BCUT2D eigenvalue weighted by atomic mass is 10.1. The highest BCUT2D eigenvalue weighted by molar-refractivity contribution is 5.81. The van der Waals surface area contributed by atoms with Gasteiger partial charge in [0, 0.05) is 13.1 Å². The first-order chi connectivity index (χ1) is 9.85. The van der Waals surface area contributed by atoms with Crippen LogP contribution in [0.5, 0.6) is 0 Å². The van der Waals surface area contributed by atoms with E-state index in [-0.39, 0.29) is 0 Å². The van der Waals surface area contributed by atoms with Crippen LogP contribution in [0.4, 0.5) is 0 Å². The average molecular weight is 264 g/mol. The van der Waals surface area contributed by atoms with Crippen LogP contribution in [-0.4, -0.2) is 0 Å². The summed E-state index contributed by atoms with van der Waals surface area (Å²) >= 11 is 0. The van der Waals surface area contributed by atoms with Crippen molar-refractivity contribution in [3.63, 3.8) is 0 Å². The molecule has 0 aliphatic carbocycles. The zero-order chi connectivity index (χ0) is 14.2. The Bertz CT molecular complexity index is 574. The standard InChI is InChI=1S/C10H8.C8H12N2/c1-2-6-10-8-4-3-7-9(10)5-1;9-5-7-3-1-2-4-8(7)6-10/h1-8H;1-4H,5-6,9-10H2. The van der Waals surface area contributed by atoms with Gasteiger partial charge in [0.1, 0.15) is 0 Å². The molecule has 2 heteroatoms. The van der Waals surface area contributed by atoms with Gasteiger partial charge in [-0.15, -0.1) is 0 Å². The number of hydrogen-bond donors (Lipinski definition) is 2. The van der Waals surface area contributed by atoms with Crippen LogP contribution in [0.3, 0.4) is 0 Å². The van der Waals surface area contributed by atoms with Crippen molar-refractivity contribution in [1.29, 1.82) is 0 Å². The maximum Gasteiger partial charge on any atom is 0.0181 e. The minimum absolute atomic E-state index is 0.577. The van der Waals surface area contributed by atoms with Gasteiger partial charge in [0.15, 0.2) is 0 Å². The van der Waals surface area contributed by atoms with Crippen molar-refractivity contribution in [3.8, 4) is 0 Å². The lowest BCUT2D eigenvalue weighted by molar-refractivity contribution is 0.980. The fourth-order valence-corrected chi connectivity index (χ4v) is 2.09. The molecule has 3 rings (SSSR count). The summed E-state index contributed by atoms with van der Waals surface area (Å²) in [7, 11) is 0. The molecule has 3 aromatic carbocycles. The summed E-state index contributed by atoms with van der Waals surface area (Å²) in [5.41, 5.74) is 13.2. The molecule has 0 aromatic heterocycles.